The predicted octanol–water partition coefficient (Wildman–Crippen LogP) is 3.95. The zero-order chi connectivity index (χ0) is 10.8. The van der Waals surface area contributed by atoms with Gasteiger partial charge < -0.3 is 5.32 Å². The molecule has 0 bridgehead atoms. The number of hydrogen-bond acceptors (Lipinski definition) is 2. The maximum atomic E-state index is 11.9. The second-order valence-corrected chi connectivity index (χ2v) is 7.44. The first-order valence-electron chi connectivity index (χ1n) is 4.92. The number of carbonyl (C=O) groups excluding carboxylic acids is 1. The average molecular weight is 353 g/mol. The number of carbonyl (C=O) groups is 1. The van der Waals surface area contributed by atoms with E-state index in [2.05, 4.69) is 37.2 Å². The molecule has 2 rings (SSSR count). The Morgan fingerprint density at radius 3 is 2.60 bits per heavy atom. The highest BCUT2D eigenvalue weighted by atomic mass is 79.9. The maximum Gasteiger partial charge on any atom is 0.253 e. The third-order valence-corrected chi connectivity index (χ3v) is 4.93. The van der Waals surface area contributed by atoms with Crippen LogP contribution in [0.5, 0.6) is 0 Å². The average Bonchev–Trinajstić information content (AvgIpc) is 2.75. The molecule has 5 heteroatoms. The molecule has 1 amide bonds. The van der Waals surface area contributed by atoms with Crippen molar-refractivity contribution in [1.29, 1.82) is 0 Å². The monoisotopic (exact) mass is 351 g/mol. The fraction of sp³-hybridized carbons (Fsp3) is 0.500. The molecule has 0 aliphatic heterocycles. The molecule has 1 aliphatic rings. The van der Waals surface area contributed by atoms with Crippen LogP contribution in [0.15, 0.2) is 13.6 Å². The Kier molecular flexibility index (Phi) is 3.85. The Bertz CT molecular complexity index is 371. The first-order chi connectivity index (χ1) is 7.16. The van der Waals surface area contributed by atoms with Gasteiger partial charge in [-0.15, -0.1) is 11.3 Å². The van der Waals surface area contributed by atoms with Gasteiger partial charge in [0.2, 0.25) is 0 Å². The summed E-state index contributed by atoms with van der Waals surface area (Å²) >= 11 is 8.30. The molecular weight excluding hydrogens is 342 g/mol. The van der Waals surface area contributed by atoms with E-state index >= 15 is 0 Å². The van der Waals surface area contributed by atoms with Crippen LogP contribution in [0.25, 0.3) is 0 Å². The van der Waals surface area contributed by atoms with Crippen molar-refractivity contribution in [2.45, 2.75) is 31.7 Å². The minimum atomic E-state index is 0.0377. The van der Waals surface area contributed by atoms with Crippen LogP contribution in [-0.2, 0) is 0 Å². The molecule has 0 unspecified atom stereocenters. The van der Waals surface area contributed by atoms with Crippen molar-refractivity contribution in [3.8, 4) is 0 Å². The van der Waals surface area contributed by atoms with Gasteiger partial charge in [0.05, 0.1) is 13.1 Å². The zero-order valence-corrected chi connectivity index (χ0v) is 12.0. The number of rotatable bonds is 2. The summed E-state index contributed by atoms with van der Waals surface area (Å²) in [5.74, 6) is 0.0377. The van der Waals surface area contributed by atoms with Crippen molar-refractivity contribution in [3.63, 3.8) is 0 Å². The van der Waals surface area contributed by atoms with E-state index in [4.69, 9.17) is 0 Å². The van der Waals surface area contributed by atoms with E-state index < -0.39 is 0 Å². The highest BCUT2D eigenvalue weighted by Crippen LogP contribution is 2.32. The molecule has 1 aromatic heterocycles. The molecule has 1 fully saturated rings. The van der Waals surface area contributed by atoms with Gasteiger partial charge in [-0.05, 0) is 50.8 Å². The standard InChI is InChI=1S/C10H11Br2NOS/c11-8-5-7(9(12)15-8)10(14)13-6-3-1-2-4-6/h5-6H,1-4H2,(H,13,14). The summed E-state index contributed by atoms with van der Waals surface area (Å²) in [7, 11) is 0. The van der Waals surface area contributed by atoms with Gasteiger partial charge in [0.25, 0.3) is 5.91 Å². The third-order valence-electron chi connectivity index (χ3n) is 2.59. The molecule has 2 nitrogen and oxygen atoms in total. The van der Waals surface area contributed by atoms with Gasteiger partial charge in [0.1, 0.15) is 0 Å². The molecule has 1 aromatic rings. The van der Waals surface area contributed by atoms with Crippen LogP contribution < -0.4 is 5.32 Å². The normalized spacial score (nSPS) is 16.9. The molecule has 0 radical (unpaired) electrons. The highest BCUT2D eigenvalue weighted by molar-refractivity contribution is 9.12. The lowest BCUT2D eigenvalue weighted by Crippen LogP contribution is -2.32. The lowest BCUT2D eigenvalue weighted by atomic mass is 10.2. The van der Waals surface area contributed by atoms with Gasteiger partial charge in [0.15, 0.2) is 0 Å². The molecule has 1 heterocycles. The SMILES string of the molecule is O=C(NC1CCCC1)c1cc(Br)sc1Br. The molecule has 0 spiro atoms. The van der Waals surface area contributed by atoms with Crippen LogP contribution in [0.4, 0.5) is 0 Å². The van der Waals surface area contributed by atoms with Gasteiger partial charge in [0, 0.05) is 6.04 Å². The van der Waals surface area contributed by atoms with Crippen molar-refractivity contribution in [2.24, 2.45) is 0 Å². The van der Waals surface area contributed by atoms with Crippen molar-refractivity contribution in [1.82, 2.24) is 5.32 Å². The van der Waals surface area contributed by atoms with Crippen molar-refractivity contribution in [2.75, 3.05) is 0 Å². The topological polar surface area (TPSA) is 29.1 Å². The minimum absolute atomic E-state index is 0.0377. The molecule has 1 N–H and O–H groups in total. The van der Waals surface area contributed by atoms with Crippen LogP contribution in [0.1, 0.15) is 36.0 Å². The summed E-state index contributed by atoms with van der Waals surface area (Å²) in [6.45, 7) is 0. The number of hydrogen-bond donors (Lipinski definition) is 1. The second-order valence-electron chi connectivity index (χ2n) is 3.69. The number of thiophene rings is 1. The molecule has 82 valence electrons. The van der Waals surface area contributed by atoms with E-state index in [0.717, 1.165) is 26.0 Å². The molecule has 1 aliphatic carbocycles. The number of amides is 1. The lowest BCUT2D eigenvalue weighted by molar-refractivity contribution is 0.0937. The number of halogens is 2. The maximum absolute atomic E-state index is 11.9. The quantitative estimate of drug-likeness (QED) is 0.857. The summed E-state index contributed by atoms with van der Waals surface area (Å²) in [4.78, 5) is 11.9. The van der Waals surface area contributed by atoms with Crippen LogP contribution in [0.3, 0.4) is 0 Å². The molecular formula is C10H11Br2NOS. The van der Waals surface area contributed by atoms with E-state index in [-0.39, 0.29) is 5.91 Å². The van der Waals surface area contributed by atoms with Crippen molar-refractivity contribution < 1.29 is 4.79 Å². The summed E-state index contributed by atoms with van der Waals surface area (Å²) < 4.78 is 1.87. The molecule has 15 heavy (non-hydrogen) atoms. The summed E-state index contributed by atoms with van der Waals surface area (Å²) in [6, 6.07) is 2.24. The van der Waals surface area contributed by atoms with Crippen LogP contribution in [-0.4, -0.2) is 11.9 Å². The lowest BCUT2D eigenvalue weighted by Gasteiger charge is -2.10. The van der Waals surface area contributed by atoms with E-state index in [1.54, 1.807) is 0 Å². The van der Waals surface area contributed by atoms with Gasteiger partial charge in [-0.2, -0.15) is 0 Å². The predicted molar refractivity (Wildman–Crippen MR) is 69.4 cm³/mol. The van der Waals surface area contributed by atoms with Crippen molar-refractivity contribution >= 4 is 49.1 Å². The fourth-order valence-corrected chi connectivity index (χ4v) is 4.62. The molecule has 1 saturated carbocycles. The third kappa shape index (κ3) is 2.82. The zero-order valence-electron chi connectivity index (χ0n) is 8.06. The molecule has 0 saturated heterocycles. The number of nitrogens with one attached hydrogen (secondary N) is 1. The minimum Gasteiger partial charge on any atom is -0.349 e. The Morgan fingerprint density at radius 2 is 2.07 bits per heavy atom. The van der Waals surface area contributed by atoms with Crippen LogP contribution in [0.2, 0.25) is 0 Å². The highest BCUT2D eigenvalue weighted by Gasteiger charge is 2.20. The van der Waals surface area contributed by atoms with E-state index in [9.17, 15) is 4.79 Å². The molecule has 0 aromatic carbocycles. The Hall–Kier alpha value is 0.130. The van der Waals surface area contributed by atoms with E-state index in [1.807, 2.05) is 6.07 Å². The van der Waals surface area contributed by atoms with Crippen LogP contribution in [0, 0.1) is 0 Å². The van der Waals surface area contributed by atoms with Gasteiger partial charge >= 0.3 is 0 Å². The van der Waals surface area contributed by atoms with Gasteiger partial charge in [-0.3, -0.25) is 4.79 Å². The molecule has 0 atom stereocenters. The van der Waals surface area contributed by atoms with E-state index in [1.165, 1.54) is 24.2 Å². The van der Waals surface area contributed by atoms with Gasteiger partial charge in [-0.1, -0.05) is 12.8 Å². The smallest absolute Gasteiger partial charge is 0.253 e. The second kappa shape index (κ2) is 4.97. The van der Waals surface area contributed by atoms with E-state index in [0.29, 0.717) is 6.04 Å². The Labute approximate surface area is 110 Å². The largest absolute Gasteiger partial charge is 0.349 e. The first kappa shape index (κ1) is 11.6. The Morgan fingerprint density at radius 1 is 1.40 bits per heavy atom. The fourth-order valence-electron chi connectivity index (χ4n) is 1.83. The first-order valence-corrected chi connectivity index (χ1v) is 7.33. The van der Waals surface area contributed by atoms with Gasteiger partial charge in [-0.25, -0.2) is 0 Å². The van der Waals surface area contributed by atoms with Crippen molar-refractivity contribution in [3.05, 3.63) is 19.2 Å². The van der Waals surface area contributed by atoms with Crippen LogP contribution >= 0.6 is 43.2 Å². The summed E-state index contributed by atoms with van der Waals surface area (Å²) in [5.41, 5.74) is 0.735. The summed E-state index contributed by atoms with van der Waals surface area (Å²) in [6.07, 6.45) is 4.71. The Balaban J connectivity index is 2.03. The summed E-state index contributed by atoms with van der Waals surface area (Å²) in [5, 5.41) is 3.07.